The van der Waals surface area contributed by atoms with Crippen molar-refractivity contribution in [3.05, 3.63) is 46.0 Å². The number of carboxylic acid groups (broad SMARTS) is 1. The van der Waals surface area contributed by atoms with Crippen molar-refractivity contribution in [2.24, 2.45) is 17.6 Å². The van der Waals surface area contributed by atoms with Crippen molar-refractivity contribution in [2.45, 2.75) is 49.7 Å². The third kappa shape index (κ3) is 3.78. The highest BCUT2D eigenvalue weighted by molar-refractivity contribution is 8.03. The number of carbonyl (C=O) groups excluding carboxylic acids is 1. The highest BCUT2D eigenvalue weighted by Gasteiger charge is 2.60. The van der Waals surface area contributed by atoms with Gasteiger partial charge in [0.1, 0.15) is 5.70 Å². The third-order valence-electron chi connectivity index (χ3n) is 6.66. The van der Waals surface area contributed by atoms with E-state index in [1.807, 2.05) is 31.2 Å². The number of hydrogen-bond acceptors (Lipinski definition) is 7. The van der Waals surface area contributed by atoms with Gasteiger partial charge in [0.05, 0.1) is 30.7 Å². The molecule has 0 saturated carbocycles. The van der Waals surface area contributed by atoms with Crippen molar-refractivity contribution in [3.8, 4) is 0 Å². The SMILES string of the molecule is C[C@@H](O)[C@H]1C(=O)N2C(C(=O)O)=C(S[C@@H]3CN[C@@H](c4ccc(C(N)CO)cc4)C3)[C@H](C)[C@H]12. The van der Waals surface area contributed by atoms with Gasteiger partial charge in [0, 0.05) is 28.7 Å². The maximum atomic E-state index is 12.5. The van der Waals surface area contributed by atoms with Gasteiger partial charge in [-0.25, -0.2) is 4.79 Å². The van der Waals surface area contributed by atoms with Crippen LogP contribution < -0.4 is 11.1 Å². The Morgan fingerprint density at radius 1 is 1.35 bits per heavy atom. The molecular weight excluding hydrogens is 418 g/mol. The Morgan fingerprint density at radius 2 is 2.03 bits per heavy atom. The normalized spacial score (nSPS) is 32.1. The maximum absolute atomic E-state index is 12.5. The largest absolute Gasteiger partial charge is 0.477 e. The monoisotopic (exact) mass is 447 g/mol. The minimum Gasteiger partial charge on any atom is -0.477 e. The smallest absolute Gasteiger partial charge is 0.353 e. The first-order chi connectivity index (χ1) is 14.7. The lowest BCUT2D eigenvalue weighted by atomic mass is 9.79. The molecule has 7 atom stereocenters. The number of nitrogens with one attached hydrogen (secondary N) is 1. The molecule has 0 spiro atoms. The highest BCUT2D eigenvalue weighted by Crippen LogP contribution is 2.52. The first-order valence-corrected chi connectivity index (χ1v) is 11.5. The van der Waals surface area contributed by atoms with Gasteiger partial charge in [-0.15, -0.1) is 11.8 Å². The number of carboxylic acids is 1. The number of nitrogens with two attached hydrogens (primary N) is 1. The average Bonchev–Trinajstić information content (AvgIpc) is 3.29. The van der Waals surface area contributed by atoms with Gasteiger partial charge in [0.15, 0.2) is 0 Å². The van der Waals surface area contributed by atoms with Crippen LogP contribution in [0.3, 0.4) is 0 Å². The summed E-state index contributed by atoms with van der Waals surface area (Å²) in [5, 5.41) is 32.6. The molecule has 31 heavy (non-hydrogen) atoms. The number of aliphatic hydroxyl groups excluding tert-OH is 2. The molecule has 9 heteroatoms. The van der Waals surface area contributed by atoms with Crippen LogP contribution in [0.25, 0.3) is 0 Å². The van der Waals surface area contributed by atoms with Crippen molar-refractivity contribution in [3.63, 3.8) is 0 Å². The molecular formula is C22H29N3O5S. The topological polar surface area (TPSA) is 136 Å². The summed E-state index contributed by atoms with van der Waals surface area (Å²) in [6, 6.07) is 7.34. The molecule has 0 radical (unpaired) electrons. The van der Waals surface area contributed by atoms with Crippen molar-refractivity contribution < 1.29 is 24.9 Å². The lowest BCUT2D eigenvalue weighted by Crippen LogP contribution is -2.63. The molecule has 0 aromatic heterocycles. The van der Waals surface area contributed by atoms with Crippen LogP contribution in [0.4, 0.5) is 0 Å². The van der Waals surface area contributed by atoms with Gasteiger partial charge >= 0.3 is 5.97 Å². The zero-order valence-corrected chi connectivity index (χ0v) is 18.4. The maximum Gasteiger partial charge on any atom is 0.353 e. The number of aliphatic carboxylic acids is 1. The lowest BCUT2D eigenvalue weighted by molar-refractivity contribution is -0.163. The predicted octanol–water partition coefficient (Wildman–Crippen LogP) is 0.969. The quantitative estimate of drug-likeness (QED) is 0.390. The fraction of sp³-hybridized carbons (Fsp3) is 0.545. The fourth-order valence-corrected chi connectivity index (χ4v) is 6.46. The number of fused-ring (bicyclic) bond motifs is 1. The number of carbonyl (C=O) groups is 2. The van der Waals surface area contributed by atoms with Crippen molar-refractivity contribution in [1.82, 2.24) is 10.2 Å². The van der Waals surface area contributed by atoms with Crippen LogP contribution in [0, 0.1) is 11.8 Å². The van der Waals surface area contributed by atoms with Crippen molar-refractivity contribution in [2.75, 3.05) is 13.2 Å². The number of rotatable bonds is 7. The van der Waals surface area contributed by atoms with E-state index in [4.69, 9.17) is 5.73 Å². The first kappa shape index (κ1) is 22.3. The first-order valence-electron chi connectivity index (χ1n) is 10.6. The zero-order valence-electron chi connectivity index (χ0n) is 17.6. The van der Waals surface area contributed by atoms with E-state index in [1.54, 1.807) is 18.7 Å². The third-order valence-corrected chi connectivity index (χ3v) is 8.17. The van der Waals surface area contributed by atoms with Crippen LogP contribution in [0.15, 0.2) is 34.9 Å². The van der Waals surface area contributed by atoms with E-state index in [-0.39, 0.29) is 41.5 Å². The van der Waals surface area contributed by atoms with E-state index in [2.05, 4.69) is 5.32 Å². The number of aliphatic hydroxyl groups is 2. The van der Waals surface area contributed by atoms with E-state index < -0.39 is 24.0 Å². The Hall–Kier alpha value is -1.91. The van der Waals surface area contributed by atoms with E-state index in [1.165, 1.54) is 4.90 Å². The molecule has 4 rings (SSSR count). The van der Waals surface area contributed by atoms with Gasteiger partial charge in [-0.3, -0.25) is 4.79 Å². The molecule has 2 fully saturated rings. The van der Waals surface area contributed by atoms with Gasteiger partial charge in [-0.2, -0.15) is 0 Å². The summed E-state index contributed by atoms with van der Waals surface area (Å²) in [5.74, 6) is -2.05. The lowest BCUT2D eigenvalue weighted by Gasteiger charge is -2.46. The second kappa shape index (κ2) is 8.55. The van der Waals surface area contributed by atoms with Gasteiger partial charge < -0.3 is 31.3 Å². The Morgan fingerprint density at radius 3 is 2.61 bits per heavy atom. The highest BCUT2D eigenvalue weighted by atomic mass is 32.2. The molecule has 8 nitrogen and oxygen atoms in total. The standard InChI is InChI=1S/C22H29N3O5S/c1-10-18-17(11(2)27)21(28)25(18)19(22(29)30)20(10)31-14-7-16(24-8-14)13-5-3-12(4-6-13)15(23)9-26/h3-6,10-11,14-18,24,26-27H,7-9,23H2,1-2H3,(H,29,30)/t10-,11-,14+,15?,16-,17-,18-/m1/s1. The molecule has 3 aliphatic rings. The van der Waals surface area contributed by atoms with Crippen LogP contribution in [0.2, 0.25) is 0 Å². The molecule has 1 amide bonds. The summed E-state index contributed by atoms with van der Waals surface area (Å²) in [6.45, 7) is 4.16. The van der Waals surface area contributed by atoms with Crippen LogP contribution >= 0.6 is 11.8 Å². The fourth-order valence-electron chi connectivity index (χ4n) is 4.99. The van der Waals surface area contributed by atoms with Gasteiger partial charge in [-0.1, -0.05) is 31.2 Å². The van der Waals surface area contributed by atoms with Crippen molar-refractivity contribution in [1.29, 1.82) is 0 Å². The summed E-state index contributed by atoms with van der Waals surface area (Å²) < 4.78 is 0. The number of hydrogen-bond donors (Lipinski definition) is 5. The summed E-state index contributed by atoms with van der Waals surface area (Å²) in [4.78, 5) is 26.6. The molecule has 0 bridgehead atoms. The number of nitrogens with zero attached hydrogens (tertiary/aromatic N) is 1. The van der Waals surface area contributed by atoms with E-state index in [0.29, 0.717) is 0 Å². The van der Waals surface area contributed by atoms with Gasteiger partial charge in [0.25, 0.3) is 0 Å². The van der Waals surface area contributed by atoms with Crippen LogP contribution in [-0.4, -0.2) is 62.6 Å². The van der Waals surface area contributed by atoms with Gasteiger partial charge in [0.2, 0.25) is 5.91 Å². The minimum absolute atomic E-state index is 0.0789. The Balaban J connectivity index is 1.47. The minimum atomic E-state index is -1.09. The zero-order chi connectivity index (χ0) is 22.4. The number of β-lactam (4-membered cyclic amide) rings is 1. The molecule has 2 saturated heterocycles. The second-order valence-corrected chi connectivity index (χ2v) is 10.0. The van der Waals surface area contributed by atoms with Gasteiger partial charge in [-0.05, 0) is 24.5 Å². The number of thioether (sulfide) groups is 1. The predicted molar refractivity (Wildman–Crippen MR) is 117 cm³/mol. The van der Waals surface area contributed by atoms with E-state index in [0.717, 1.165) is 29.0 Å². The molecule has 168 valence electrons. The molecule has 1 aromatic carbocycles. The Labute approximate surface area is 185 Å². The molecule has 6 N–H and O–H groups in total. The van der Waals surface area contributed by atoms with Crippen LogP contribution in [0.1, 0.15) is 43.5 Å². The molecule has 3 heterocycles. The number of amides is 1. The van der Waals surface area contributed by atoms with Crippen molar-refractivity contribution >= 4 is 23.6 Å². The molecule has 0 aliphatic carbocycles. The van der Waals surface area contributed by atoms with Crippen LogP contribution in [0.5, 0.6) is 0 Å². The Bertz CT molecular complexity index is 903. The summed E-state index contributed by atoms with van der Waals surface area (Å²) in [5.41, 5.74) is 7.95. The summed E-state index contributed by atoms with van der Waals surface area (Å²) in [7, 11) is 0. The number of benzene rings is 1. The summed E-state index contributed by atoms with van der Waals surface area (Å²) in [6.07, 6.45) is 0.0347. The molecule has 1 unspecified atom stereocenters. The Kier molecular flexibility index (Phi) is 6.15. The van der Waals surface area contributed by atoms with E-state index >= 15 is 0 Å². The molecule has 1 aromatic rings. The van der Waals surface area contributed by atoms with Crippen LogP contribution in [-0.2, 0) is 9.59 Å². The summed E-state index contributed by atoms with van der Waals surface area (Å²) >= 11 is 1.54. The second-order valence-electron chi connectivity index (χ2n) is 8.66. The molecule has 3 aliphatic heterocycles. The average molecular weight is 448 g/mol. The van der Waals surface area contributed by atoms with E-state index in [9.17, 15) is 24.9 Å².